The van der Waals surface area contributed by atoms with Crippen molar-refractivity contribution in [2.75, 3.05) is 11.9 Å². The van der Waals surface area contributed by atoms with Crippen LogP contribution in [0.1, 0.15) is 35.7 Å². The predicted molar refractivity (Wildman–Crippen MR) is 95.3 cm³/mol. The Kier molecular flexibility index (Phi) is 5.02. The van der Waals surface area contributed by atoms with E-state index in [0.29, 0.717) is 17.0 Å². The molecule has 2 atom stereocenters. The topological polar surface area (TPSA) is 81.7 Å². The van der Waals surface area contributed by atoms with E-state index in [1.165, 1.54) is 0 Å². The van der Waals surface area contributed by atoms with Crippen molar-refractivity contribution in [3.05, 3.63) is 59.7 Å². The zero-order chi connectivity index (χ0) is 18.7. The third-order valence-corrected chi connectivity index (χ3v) is 4.22. The molecule has 2 aromatic rings. The Morgan fingerprint density at radius 2 is 1.88 bits per heavy atom. The molecule has 1 heterocycles. The molecule has 0 radical (unpaired) electrons. The second-order valence-electron chi connectivity index (χ2n) is 6.12. The molecule has 3 rings (SSSR count). The van der Waals surface area contributed by atoms with Gasteiger partial charge in [-0.05, 0) is 49.7 Å². The summed E-state index contributed by atoms with van der Waals surface area (Å²) in [6.07, 6.45) is -0.827. The first-order chi connectivity index (χ1) is 12.5. The number of esters is 1. The molecule has 1 amide bonds. The van der Waals surface area contributed by atoms with Gasteiger partial charge in [0.1, 0.15) is 5.75 Å². The number of rotatable bonds is 6. The molecule has 1 N–H and O–H groups in total. The summed E-state index contributed by atoms with van der Waals surface area (Å²) >= 11 is 0. The normalized spacial score (nSPS) is 16.4. The second kappa shape index (κ2) is 7.39. The number of benzene rings is 2. The first kappa shape index (κ1) is 17.7. The number of ether oxygens (including phenoxy) is 2. The van der Waals surface area contributed by atoms with E-state index >= 15 is 0 Å². The predicted octanol–water partition coefficient (Wildman–Crippen LogP) is 2.94. The van der Waals surface area contributed by atoms with E-state index in [1.54, 1.807) is 56.3 Å². The largest absolute Gasteiger partial charge is 0.479 e. The Morgan fingerprint density at radius 3 is 2.62 bits per heavy atom. The smallest absolute Gasteiger partial charge is 0.347 e. The van der Waals surface area contributed by atoms with E-state index in [-0.39, 0.29) is 24.2 Å². The zero-order valence-electron chi connectivity index (χ0n) is 14.5. The van der Waals surface area contributed by atoms with Crippen LogP contribution in [0.3, 0.4) is 0 Å². The van der Waals surface area contributed by atoms with Crippen LogP contribution in [0.4, 0.5) is 5.69 Å². The van der Waals surface area contributed by atoms with Crippen molar-refractivity contribution in [2.45, 2.75) is 25.9 Å². The van der Waals surface area contributed by atoms with Gasteiger partial charge in [0, 0.05) is 11.3 Å². The van der Waals surface area contributed by atoms with Crippen LogP contribution in [0, 0.1) is 0 Å². The molecule has 0 fully saturated rings. The maximum atomic E-state index is 12.3. The summed E-state index contributed by atoms with van der Waals surface area (Å²) in [7, 11) is 0. The van der Waals surface area contributed by atoms with E-state index in [0.717, 1.165) is 5.56 Å². The fraction of sp³-hybridized carbons (Fsp3) is 0.250. The molecule has 0 saturated heterocycles. The molecule has 0 bridgehead atoms. The van der Waals surface area contributed by atoms with Gasteiger partial charge in [-0.15, -0.1) is 0 Å². The summed E-state index contributed by atoms with van der Waals surface area (Å²) in [4.78, 5) is 36.0. The summed E-state index contributed by atoms with van der Waals surface area (Å²) in [5.41, 5.74) is 1.88. The third kappa shape index (κ3) is 3.74. The number of carbonyl (C=O) groups is 3. The van der Waals surface area contributed by atoms with Gasteiger partial charge in [-0.3, -0.25) is 9.59 Å². The highest BCUT2D eigenvalue weighted by molar-refractivity contribution is 6.05. The number of anilines is 1. The van der Waals surface area contributed by atoms with Gasteiger partial charge < -0.3 is 14.8 Å². The average Bonchev–Trinajstić information content (AvgIpc) is 2.94. The van der Waals surface area contributed by atoms with E-state index in [4.69, 9.17) is 9.47 Å². The fourth-order valence-corrected chi connectivity index (χ4v) is 2.68. The number of hydrogen-bond donors (Lipinski definition) is 1. The molecule has 0 aromatic heterocycles. The van der Waals surface area contributed by atoms with Gasteiger partial charge in [0.25, 0.3) is 0 Å². The molecule has 0 spiro atoms. The van der Waals surface area contributed by atoms with Crippen LogP contribution in [-0.4, -0.2) is 30.4 Å². The van der Waals surface area contributed by atoms with E-state index in [9.17, 15) is 14.4 Å². The lowest BCUT2D eigenvalue weighted by Crippen LogP contribution is -2.28. The van der Waals surface area contributed by atoms with Crippen LogP contribution in [0.25, 0.3) is 0 Å². The number of amides is 1. The van der Waals surface area contributed by atoms with Gasteiger partial charge in [-0.1, -0.05) is 18.2 Å². The molecular formula is C20H19NO5. The average molecular weight is 353 g/mol. The van der Waals surface area contributed by atoms with E-state index in [2.05, 4.69) is 5.32 Å². The van der Waals surface area contributed by atoms with Crippen LogP contribution in [0.15, 0.2) is 48.5 Å². The molecule has 6 nitrogen and oxygen atoms in total. The van der Waals surface area contributed by atoms with Gasteiger partial charge >= 0.3 is 5.97 Å². The molecular weight excluding hydrogens is 334 g/mol. The number of para-hydroxylation sites is 1. The van der Waals surface area contributed by atoms with Gasteiger partial charge in [-0.25, -0.2) is 4.79 Å². The number of carbonyl (C=O) groups excluding carboxylic acids is 3. The lowest BCUT2D eigenvalue weighted by molar-refractivity contribution is -0.149. The Labute approximate surface area is 151 Å². The minimum atomic E-state index is -0.827. The number of nitrogens with one attached hydrogen (secondary N) is 1. The molecule has 6 heteroatoms. The highest BCUT2D eigenvalue weighted by atomic mass is 16.6. The Balaban J connectivity index is 1.57. The first-order valence-corrected chi connectivity index (χ1v) is 8.32. The highest BCUT2D eigenvalue weighted by Gasteiger charge is 2.27. The Morgan fingerprint density at radius 1 is 1.15 bits per heavy atom. The summed E-state index contributed by atoms with van der Waals surface area (Å²) in [5.74, 6) is -0.802. The van der Waals surface area contributed by atoms with Crippen molar-refractivity contribution >= 4 is 23.3 Å². The SMILES string of the molecule is C[C@@H]1C(=O)Nc2ccc(C(=O)COC(=O)[C@@H](C)Oc3ccccc3)cc21. The van der Waals surface area contributed by atoms with Crippen LogP contribution in [0.2, 0.25) is 0 Å². The van der Waals surface area contributed by atoms with Crippen LogP contribution in [-0.2, 0) is 14.3 Å². The van der Waals surface area contributed by atoms with Gasteiger partial charge in [-0.2, -0.15) is 0 Å². The molecule has 0 saturated carbocycles. The molecule has 0 aliphatic carbocycles. The number of fused-ring (bicyclic) bond motifs is 1. The van der Waals surface area contributed by atoms with Crippen LogP contribution < -0.4 is 10.1 Å². The molecule has 1 aliphatic heterocycles. The van der Waals surface area contributed by atoms with Crippen LogP contribution >= 0.6 is 0 Å². The lowest BCUT2D eigenvalue weighted by Gasteiger charge is -2.13. The fourth-order valence-electron chi connectivity index (χ4n) is 2.68. The maximum absolute atomic E-state index is 12.3. The number of hydrogen-bond acceptors (Lipinski definition) is 5. The number of Topliss-reactive ketones (excluding diaryl/α,β-unsaturated/α-hetero) is 1. The molecule has 134 valence electrons. The molecule has 0 unspecified atom stereocenters. The van der Waals surface area contributed by atoms with Gasteiger partial charge in [0.15, 0.2) is 18.5 Å². The zero-order valence-corrected chi connectivity index (χ0v) is 14.5. The quantitative estimate of drug-likeness (QED) is 0.638. The van der Waals surface area contributed by atoms with Crippen LogP contribution in [0.5, 0.6) is 5.75 Å². The van der Waals surface area contributed by atoms with Crippen molar-refractivity contribution in [3.8, 4) is 5.75 Å². The minimum absolute atomic E-state index is 0.0945. The van der Waals surface area contributed by atoms with Gasteiger partial charge in [0.2, 0.25) is 5.91 Å². The number of ketones is 1. The monoisotopic (exact) mass is 353 g/mol. The Hall–Kier alpha value is -3.15. The van der Waals surface area contributed by atoms with Crippen molar-refractivity contribution in [1.82, 2.24) is 0 Å². The highest BCUT2D eigenvalue weighted by Crippen LogP contribution is 2.32. The summed E-state index contributed by atoms with van der Waals surface area (Å²) in [5, 5.41) is 2.75. The molecule has 26 heavy (non-hydrogen) atoms. The molecule has 1 aliphatic rings. The Bertz CT molecular complexity index is 847. The van der Waals surface area contributed by atoms with E-state index in [1.807, 2.05) is 6.07 Å². The van der Waals surface area contributed by atoms with Crippen molar-refractivity contribution in [2.24, 2.45) is 0 Å². The first-order valence-electron chi connectivity index (χ1n) is 8.32. The van der Waals surface area contributed by atoms with Gasteiger partial charge in [0.05, 0.1) is 5.92 Å². The summed E-state index contributed by atoms with van der Waals surface area (Å²) in [6.45, 7) is 2.96. The molecule has 2 aromatic carbocycles. The maximum Gasteiger partial charge on any atom is 0.347 e. The summed E-state index contributed by atoms with van der Waals surface area (Å²) < 4.78 is 10.5. The second-order valence-corrected chi connectivity index (χ2v) is 6.12. The van der Waals surface area contributed by atoms with E-state index < -0.39 is 12.1 Å². The third-order valence-electron chi connectivity index (χ3n) is 4.22. The lowest BCUT2D eigenvalue weighted by atomic mass is 9.99. The summed E-state index contributed by atoms with van der Waals surface area (Å²) in [6, 6.07) is 13.9. The van der Waals surface area contributed by atoms with Crippen molar-refractivity contribution < 1.29 is 23.9 Å². The van der Waals surface area contributed by atoms with Crippen molar-refractivity contribution in [3.63, 3.8) is 0 Å². The minimum Gasteiger partial charge on any atom is -0.479 e. The van der Waals surface area contributed by atoms with Crippen molar-refractivity contribution in [1.29, 1.82) is 0 Å². The standard InChI is InChI=1S/C20H19NO5/c1-12-16-10-14(8-9-17(16)21-19(12)23)18(22)11-25-20(24)13(2)26-15-6-4-3-5-7-15/h3-10,12-13H,11H2,1-2H3,(H,21,23)/t12-,13+/m0/s1.